The molecule has 7 nitrogen and oxygen atoms in total. The number of nitrogens with one attached hydrogen (secondary N) is 4. The van der Waals surface area contributed by atoms with Crippen LogP contribution in [0.15, 0.2) is 53.8 Å². The van der Waals surface area contributed by atoms with Gasteiger partial charge in [0.25, 0.3) is 0 Å². The SMILES string of the molecule is C/C=C(\C1=C(C(C)(C)c2ncc(C)[nH]2)C(=O)NC1)c1ccc(NC(=O)Nc2c(F)ccc(F)c2Cl)cc1F. The van der Waals surface area contributed by atoms with Crippen LogP contribution < -0.4 is 16.0 Å². The number of amides is 3. The quantitative estimate of drug-likeness (QED) is 0.277. The minimum atomic E-state index is -0.944. The van der Waals surface area contributed by atoms with Gasteiger partial charge in [0, 0.05) is 35.3 Å². The summed E-state index contributed by atoms with van der Waals surface area (Å²) in [5.41, 5.74) is 1.41. The second-order valence-electron chi connectivity index (χ2n) is 9.27. The molecule has 0 atom stereocenters. The Kier molecular flexibility index (Phi) is 7.37. The van der Waals surface area contributed by atoms with Crippen molar-refractivity contribution in [1.82, 2.24) is 15.3 Å². The molecule has 0 spiro atoms. The molecule has 0 saturated heterocycles. The Morgan fingerprint density at radius 1 is 1.11 bits per heavy atom. The number of benzene rings is 2. The third-order valence-corrected chi connectivity index (χ3v) is 6.66. The maximum Gasteiger partial charge on any atom is 0.323 e. The fourth-order valence-electron chi connectivity index (χ4n) is 4.44. The van der Waals surface area contributed by atoms with Gasteiger partial charge in [-0.2, -0.15) is 0 Å². The van der Waals surface area contributed by atoms with E-state index in [0.29, 0.717) is 22.5 Å². The molecule has 0 unspecified atom stereocenters. The summed E-state index contributed by atoms with van der Waals surface area (Å²) in [7, 11) is 0. The van der Waals surface area contributed by atoms with Crippen LogP contribution in [0.5, 0.6) is 0 Å². The van der Waals surface area contributed by atoms with Gasteiger partial charge in [0.1, 0.15) is 34.0 Å². The molecule has 198 valence electrons. The van der Waals surface area contributed by atoms with Crippen molar-refractivity contribution in [3.05, 3.63) is 93.3 Å². The maximum atomic E-state index is 15.4. The van der Waals surface area contributed by atoms with Crippen molar-refractivity contribution in [2.45, 2.75) is 33.1 Å². The van der Waals surface area contributed by atoms with Crippen LogP contribution in [0, 0.1) is 24.4 Å². The molecule has 0 radical (unpaired) electrons. The monoisotopic (exact) mass is 543 g/mol. The van der Waals surface area contributed by atoms with E-state index in [0.717, 1.165) is 23.9 Å². The van der Waals surface area contributed by atoms with E-state index < -0.39 is 39.6 Å². The first kappa shape index (κ1) is 27.0. The number of rotatable bonds is 6. The summed E-state index contributed by atoms with van der Waals surface area (Å²) in [6.45, 7) is 7.55. The van der Waals surface area contributed by atoms with Crippen LogP contribution in [0.25, 0.3) is 5.57 Å². The van der Waals surface area contributed by atoms with Gasteiger partial charge in [-0.05, 0) is 69.2 Å². The predicted molar refractivity (Wildman–Crippen MR) is 140 cm³/mol. The van der Waals surface area contributed by atoms with Crippen molar-refractivity contribution in [1.29, 1.82) is 0 Å². The predicted octanol–water partition coefficient (Wildman–Crippen LogP) is 6.24. The van der Waals surface area contributed by atoms with Crippen LogP contribution in [0.4, 0.5) is 29.3 Å². The molecular weight excluding hydrogens is 519 g/mol. The summed E-state index contributed by atoms with van der Waals surface area (Å²) in [5, 5.41) is 6.75. The highest BCUT2D eigenvalue weighted by Crippen LogP contribution is 2.39. The number of aromatic nitrogens is 2. The van der Waals surface area contributed by atoms with E-state index in [9.17, 15) is 18.4 Å². The third-order valence-electron chi connectivity index (χ3n) is 6.29. The first-order chi connectivity index (χ1) is 17.9. The van der Waals surface area contributed by atoms with Gasteiger partial charge < -0.3 is 20.9 Å². The first-order valence-electron chi connectivity index (χ1n) is 11.7. The Morgan fingerprint density at radius 2 is 1.82 bits per heavy atom. The van der Waals surface area contributed by atoms with Crippen LogP contribution in [0.1, 0.15) is 37.9 Å². The standard InChI is InChI=1S/C27H25ClF3N5O2/c1-5-15(17-12-32-24(37)21(17)27(3,4)25-33-11-13(2)34-25)16-7-6-14(10-20(16)31)35-26(38)36-23-19(30)9-8-18(29)22(23)28/h5-11H,12H2,1-4H3,(H,32,37)(H,33,34)(H2,35,36,38)/b15-5-. The Bertz CT molecular complexity index is 1510. The molecule has 0 aliphatic carbocycles. The van der Waals surface area contributed by atoms with Crippen LogP contribution in [0.3, 0.4) is 0 Å². The summed E-state index contributed by atoms with van der Waals surface area (Å²) in [6.07, 6.45) is 3.39. The number of urea groups is 1. The molecule has 0 saturated carbocycles. The second kappa shape index (κ2) is 10.4. The molecule has 4 rings (SSSR count). The number of H-pyrrole nitrogens is 1. The highest BCUT2D eigenvalue weighted by atomic mass is 35.5. The molecule has 2 aromatic carbocycles. The van der Waals surface area contributed by atoms with Gasteiger partial charge in [-0.15, -0.1) is 0 Å². The van der Waals surface area contributed by atoms with E-state index >= 15 is 4.39 Å². The van der Waals surface area contributed by atoms with E-state index in [4.69, 9.17) is 11.6 Å². The fraction of sp³-hybridized carbons (Fsp3) is 0.222. The molecule has 11 heteroatoms. The third kappa shape index (κ3) is 5.04. The number of aromatic amines is 1. The number of hydrogen-bond acceptors (Lipinski definition) is 3. The normalized spacial score (nSPS) is 14.1. The number of allylic oxidation sites excluding steroid dienone is 1. The molecule has 0 bridgehead atoms. The zero-order valence-corrected chi connectivity index (χ0v) is 21.8. The number of aryl methyl sites for hydroxylation is 1. The van der Waals surface area contributed by atoms with Gasteiger partial charge in [0.05, 0.1) is 5.41 Å². The Balaban J connectivity index is 1.62. The van der Waals surface area contributed by atoms with Crippen molar-refractivity contribution in [2.24, 2.45) is 0 Å². The number of hydrogen-bond donors (Lipinski definition) is 4. The van der Waals surface area contributed by atoms with Gasteiger partial charge in [0.2, 0.25) is 5.91 Å². The van der Waals surface area contributed by atoms with Crippen LogP contribution in [0.2, 0.25) is 5.02 Å². The van der Waals surface area contributed by atoms with Crippen molar-refractivity contribution in [3.63, 3.8) is 0 Å². The zero-order valence-electron chi connectivity index (χ0n) is 21.0. The Labute approximate surface area is 222 Å². The highest BCUT2D eigenvalue weighted by molar-refractivity contribution is 6.34. The van der Waals surface area contributed by atoms with Crippen molar-refractivity contribution < 1.29 is 22.8 Å². The molecular formula is C27H25ClF3N5O2. The van der Waals surface area contributed by atoms with E-state index in [1.54, 1.807) is 19.2 Å². The molecule has 1 aromatic heterocycles. The van der Waals surface area contributed by atoms with Crippen LogP contribution >= 0.6 is 11.6 Å². The number of carbonyl (C=O) groups excluding carboxylic acids is 2. The number of anilines is 2. The van der Waals surface area contributed by atoms with Gasteiger partial charge in [-0.1, -0.05) is 17.7 Å². The van der Waals surface area contributed by atoms with Crippen molar-refractivity contribution in [3.8, 4) is 0 Å². The summed E-state index contributed by atoms with van der Waals surface area (Å²) < 4.78 is 43.0. The molecule has 4 N–H and O–H groups in total. The Hall–Kier alpha value is -4.05. The minimum absolute atomic E-state index is 0.0633. The molecule has 3 amide bonds. The molecule has 2 heterocycles. The number of halogens is 4. The van der Waals surface area contributed by atoms with Gasteiger partial charge in [-0.3, -0.25) is 4.79 Å². The molecule has 1 aliphatic rings. The molecule has 38 heavy (non-hydrogen) atoms. The van der Waals surface area contributed by atoms with Gasteiger partial charge in [-0.25, -0.2) is 22.9 Å². The maximum absolute atomic E-state index is 15.4. The highest BCUT2D eigenvalue weighted by Gasteiger charge is 2.39. The number of imidazole rings is 1. The van der Waals surface area contributed by atoms with Gasteiger partial charge >= 0.3 is 6.03 Å². The average Bonchev–Trinajstić information content (AvgIpc) is 3.47. The van der Waals surface area contributed by atoms with Crippen molar-refractivity contribution >= 4 is 40.5 Å². The molecule has 1 aliphatic heterocycles. The number of carbonyl (C=O) groups is 2. The average molecular weight is 544 g/mol. The summed E-state index contributed by atoms with van der Waals surface area (Å²) in [4.78, 5) is 32.8. The largest absolute Gasteiger partial charge is 0.348 e. The van der Waals surface area contributed by atoms with E-state index in [-0.39, 0.29) is 23.7 Å². The van der Waals surface area contributed by atoms with Crippen molar-refractivity contribution in [2.75, 3.05) is 17.2 Å². The lowest BCUT2D eigenvalue weighted by molar-refractivity contribution is -0.117. The molecule has 3 aromatic rings. The lowest BCUT2D eigenvalue weighted by Crippen LogP contribution is -2.30. The van der Waals surface area contributed by atoms with Crippen LogP contribution in [-0.2, 0) is 10.2 Å². The second-order valence-corrected chi connectivity index (χ2v) is 9.65. The smallest absolute Gasteiger partial charge is 0.323 e. The summed E-state index contributed by atoms with van der Waals surface area (Å²) in [5.74, 6) is -2.16. The first-order valence-corrected chi connectivity index (χ1v) is 12.0. The van der Waals surface area contributed by atoms with Gasteiger partial charge in [0.15, 0.2) is 0 Å². The van der Waals surface area contributed by atoms with E-state index in [1.807, 2.05) is 20.8 Å². The summed E-state index contributed by atoms with van der Waals surface area (Å²) >= 11 is 5.74. The summed E-state index contributed by atoms with van der Waals surface area (Å²) in [6, 6.07) is 4.72. The van der Waals surface area contributed by atoms with E-state index in [1.165, 1.54) is 12.1 Å². The minimum Gasteiger partial charge on any atom is -0.348 e. The topological polar surface area (TPSA) is 98.9 Å². The fourth-order valence-corrected chi connectivity index (χ4v) is 4.64. The zero-order chi connectivity index (χ0) is 27.8. The molecule has 0 fully saturated rings. The van der Waals surface area contributed by atoms with E-state index in [2.05, 4.69) is 25.9 Å². The number of nitrogens with zero attached hydrogens (tertiary/aromatic N) is 1. The lowest BCUT2D eigenvalue weighted by atomic mass is 9.79. The lowest BCUT2D eigenvalue weighted by Gasteiger charge is -2.25. The van der Waals surface area contributed by atoms with Crippen LogP contribution in [-0.4, -0.2) is 28.5 Å². The Morgan fingerprint density at radius 3 is 2.45 bits per heavy atom.